The number of esters is 1. The highest BCUT2D eigenvalue weighted by Gasteiger charge is 2.54. The summed E-state index contributed by atoms with van der Waals surface area (Å²) in [6.45, 7) is 16.5. The van der Waals surface area contributed by atoms with Gasteiger partial charge in [-0.05, 0) is 110 Å². The number of carbonyl (C=O) groups is 5. The molecule has 4 aliphatic rings. The van der Waals surface area contributed by atoms with E-state index in [-0.39, 0.29) is 49.6 Å². The van der Waals surface area contributed by atoms with Gasteiger partial charge >= 0.3 is 5.97 Å². The first-order valence-electron chi connectivity index (χ1n) is 23.9. The molecule has 1 aromatic heterocycles. The Labute approximate surface area is 393 Å². The standard InChI is InChI=1S/C53H66N6O8/c1-8-45(61)56-22-19-53(31-56)20-23-58(51(53)65)46(33(3)4)48(62)54-43-27-34-25-37(28-38(60)26-34)36-16-17-44-40(29-36)41(47(57(44)9-2)39-14-11-10-13-35(39)18-24-66-7)30-52(5,6)32-67-50(64)42-15-12-21-59(55-42)49(43)63/h8,10-11,13-14,16-17,25-26,28-29,33,42-43,46,55,60H,1,9,12,15,18-24,27,30-32H2,2-7H3,(H,54,62)/t42-,43-,46?,53-/m0/s1. The minimum atomic E-state index is -1.14. The maximum absolute atomic E-state index is 14.8. The first-order valence-corrected chi connectivity index (χ1v) is 23.9. The zero-order valence-electron chi connectivity index (χ0n) is 39.9. The predicted molar refractivity (Wildman–Crippen MR) is 256 cm³/mol. The monoisotopic (exact) mass is 914 g/mol. The second kappa shape index (κ2) is 19.3. The number of rotatable bonds is 10. The van der Waals surface area contributed by atoms with Gasteiger partial charge in [0.2, 0.25) is 17.7 Å². The third kappa shape index (κ3) is 9.47. The Morgan fingerprint density at radius 2 is 1.81 bits per heavy atom. The predicted octanol–water partition coefficient (Wildman–Crippen LogP) is 6.20. The van der Waals surface area contributed by atoms with Crippen LogP contribution in [0.3, 0.4) is 0 Å². The van der Waals surface area contributed by atoms with Crippen LogP contribution in [0.5, 0.6) is 5.75 Å². The van der Waals surface area contributed by atoms with Gasteiger partial charge in [0.1, 0.15) is 23.9 Å². The summed E-state index contributed by atoms with van der Waals surface area (Å²) in [6.07, 6.45) is 4.57. The average Bonchev–Trinajstić information content (AvgIpc) is 3.98. The Hall–Kier alpha value is -5.99. The summed E-state index contributed by atoms with van der Waals surface area (Å²) in [5.41, 5.74) is 9.63. The zero-order valence-corrected chi connectivity index (χ0v) is 39.9. The highest BCUT2D eigenvalue weighted by Crippen LogP contribution is 2.44. The number of benzene rings is 3. The van der Waals surface area contributed by atoms with Gasteiger partial charge in [-0.25, -0.2) is 5.43 Å². The van der Waals surface area contributed by atoms with Crippen LogP contribution in [0.2, 0.25) is 0 Å². The van der Waals surface area contributed by atoms with E-state index in [0.717, 1.165) is 45.3 Å². The molecule has 5 heterocycles. The lowest BCUT2D eigenvalue weighted by Gasteiger charge is -2.37. The van der Waals surface area contributed by atoms with Crippen molar-refractivity contribution in [1.29, 1.82) is 0 Å². The molecule has 3 fully saturated rings. The summed E-state index contributed by atoms with van der Waals surface area (Å²) in [5, 5.41) is 16.9. The molecule has 1 unspecified atom stereocenters. The lowest BCUT2D eigenvalue weighted by molar-refractivity contribution is -0.155. The van der Waals surface area contributed by atoms with E-state index >= 15 is 0 Å². The third-order valence-corrected chi connectivity index (χ3v) is 14.3. The van der Waals surface area contributed by atoms with E-state index in [1.165, 1.54) is 16.6 Å². The molecule has 4 aliphatic heterocycles. The number of aromatic hydroxyl groups is 1. The molecule has 4 aromatic rings. The third-order valence-electron chi connectivity index (χ3n) is 14.3. The van der Waals surface area contributed by atoms with Crippen LogP contribution in [0.25, 0.3) is 33.3 Å². The Kier molecular flexibility index (Phi) is 13.7. The molecular formula is C53H66N6O8. The number of nitrogens with zero attached hydrogens (tertiary/aromatic N) is 4. The summed E-state index contributed by atoms with van der Waals surface area (Å²) in [4.78, 5) is 73.5. The fourth-order valence-electron chi connectivity index (χ4n) is 10.9. The molecule has 0 radical (unpaired) electrons. The summed E-state index contributed by atoms with van der Waals surface area (Å²) < 4.78 is 14.0. The van der Waals surface area contributed by atoms with Gasteiger partial charge in [0.15, 0.2) is 0 Å². The number of ether oxygens (including phenoxy) is 2. The minimum absolute atomic E-state index is 0.00670. The van der Waals surface area contributed by atoms with Crippen LogP contribution in [0.15, 0.2) is 73.3 Å². The molecule has 3 N–H and O–H groups in total. The highest BCUT2D eigenvalue weighted by molar-refractivity contribution is 5.97. The molecule has 67 heavy (non-hydrogen) atoms. The minimum Gasteiger partial charge on any atom is -0.508 e. The van der Waals surface area contributed by atoms with Gasteiger partial charge in [-0.3, -0.25) is 29.0 Å². The van der Waals surface area contributed by atoms with Gasteiger partial charge in [-0.15, -0.1) is 0 Å². The second-order valence-electron chi connectivity index (χ2n) is 20.1. The first kappa shape index (κ1) is 47.5. The van der Waals surface area contributed by atoms with Crippen molar-refractivity contribution >= 4 is 40.5 Å². The number of phenols is 1. The number of hydrazine groups is 1. The normalized spacial score (nSPS) is 22.6. The molecule has 6 bridgehead atoms. The lowest BCUT2D eigenvalue weighted by atomic mass is 9.83. The van der Waals surface area contributed by atoms with Gasteiger partial charge in [0, 0.05) is 68.1 Å². The number of aromatic nitrogens is 1. The van der Waals surface area contributed by atoms with Crippen molar-refractivity contribution in [2.75, 3.05) is 46.5 Å². The zero-order chi connectivity index (χ0) is 47.8. The van der Waals surface area contributed by atoms with Crippen molar-refractivity contribution in [3.63, 3.8) is 0 Å². The number of nitrogens with one attached hydrogen (secondary N) is 2. The van der Waals surface area contributed by atoms with Crippen molar-refractivity contribution in [2.24, 2.45) is 16.7 Å². The van der Waals surface area contributed by atoms with Crippen molar-refractivity contribution < 1.29 is 38.6 Å². The van der Waals surface area contributed by atoms with E-state index in [4.69, 9.17) is 9.47 Å². The number of phenolic OH excluding ortho intramolecular Hbond substituents is 1. The average molecular weight is 915 g/mol. The fourth-order valence-corrected chi connectivity index (χ4v) is 10.9. The Morgan fingerprint density at radius 3 is 2.55 bits per heavy atom. The van der Waals surface area contributed by atoms with Crippen LogP contribution in [0.1, 0.15) is 77.0 Å². The second-order valence-corrected chi connectivity index (χ2v) is 20.1. The molecule has 14 heteroatoms. The van der Waals surface area contributed by atoms with Gasteiger partial charge < -0.3 is 34.3 Å². The van der Waals surface area contributed by atoms with E-state index in [0.29, 0.717) is 63.9 Å². The molecule has 3 aromatic carbocycles. The van der Waals surface area contributed by atoms with Gasteiger partial charge in [-0.1, -0.05) is 70.7 Å². The van der Waals surface area contributed by atoms with Crippen LogP contribution in [-0.4, -0.2) is 119 Å². The number of methoxy groups -OCH3 is 1. The summed E-state index contributed by atoms with van der Waals surface area (Å²) in [6, 6.07) is 17.2. The molecule has 0 aliphatic carbocycles. The van der Waals surface area contributed by atoms with E-state index in [1.54, 1.807) is 29.0 Å². The highest BCUT2D eigenvalue weighted by atomic mass is 16.5. The van der Waals surface area contributed by atoms with Crippen LogP contribution in [-0.2, 0) is 59.3 Å². The largest absolute Gasteiger partial charge is 0.508 e. The summed E-state index contributed by atoms with van der Waals surface area (Å²) in [5.74, 6) is -2.10. The van der Waals surface area contributed by atoms with Crippen molar-refractivity contribution in [2.45, 2.75) is 104 Å². The van der Waals surface area contributed by atoms with Crippen LogP contribution in [0, 0.1) is 16.7 Å². The number of cyclic esters (lactones) is 1. The van der Waals surface area contributed by atoms with Crippen LogP contribution < -0.4 is 10.7 Å². The Morgan fingerprint density at radius 1 is 1.03 bits per heavy atom. The van der Waals surface area contributed by atoms with E-state index < -0.39 is 46.7 Å². The molecule has 4 amide bonds. The van der Waals surface area contributed by atoms with Gasteiger partial charge in [-0.2, -0.15) is 0 Å². The Bertz CT molecular complexity index is 2580. The van der Waals surface area contributed by atoms with Crippen LogP contribution >= 0.6 is 0 Å². The molecular weight excluding hydrogens is 849 g/mol. The number of hydrogen-bond acceptors (Lipinski definition) is 9. The van der Waals surface area contributed by atoms with Gasteiger partial charge in [0.25, 0.3) is 5.91 Å². The van der Waals surface area contributed by atoms with E-state index in [1.807, 2.05) is 19.9 Å². The lowest BCUT2D eigenvalue weighted by Crippen LogP contribution is -2.62. The fraction of sp³-hybridized carbons (Fsp3) is 0.491. The van der Waals surface area contributed by atoms with Crippen molar-refractivity contribution in [3.8, 4) is 28.1 Å². The molecule has 14 nitrogen and oxygen atoms in total. The van der Waals surface area contributed by atoms with E-state index in [9.17, 15) is 29.1 Å². The molecule has 8 rings (SSSR count). The number of amides is 4. The molecule has 4 atom stereocenters. The quantitative estimate of drug-likeness (QED) is 0.124. The van der Waals surface area contributed by atoms with E-state index in [2.05, 4.69) is 85.1 Å². The van der Waals surface area contributed by atoms with Crippen molar-refractivity contribution in [3.05, 3.63) is 90.0 Å². The molecule has 0 saturated carbocycles. The SMILES string of the molecule is C=CC(=O)N1CC[C@]2(CCN(C(C(=O)N[C@H]3Cc4cc(O)cc(c4)-c4ccc5c(c4)c(c(-c4ccccc4CCOC)n5CC)CC(C)(C)COC(=O)[C@@H]4CCCN(N4)C3=O)C(C)C)C2=O)C1. The topological polar surface area (TPSA) is 163 Å². The molecule has 356 valence electrons. The number of carbonyl (C=O) groups excluding carboxylic acids is 5. The number of aryl methyl sites for hydroxylation is 1. The molecule has 1 spiro atoms. The maximum Gasteiger partial charge on any atom is 0.324 e. The number of fused-ring (bicyclic) bond motifs is 6. The number of hydrogen-bond donors (Lipinski definition) is 3. The van der Waals surface area contributed by atoms with Crippen LogP contribution in [0.4, 0.5) is 0 Å². The first-order chi connectivity index (χ1) is 32.1. The summed E-state index contributed by atoms with van der Waals surface area (Å²) >= 11 is 0. The molecule has 3 saturated heterocycles. The number of likely N-dealkylation sites (tertiary alicyclic amines) is 2. The maximum atomic E-state index is 14.8. The summed E-state index contributed by atoms with van der Waals surface area (Å²) in [7, 11) is 1.71. The smallest absolute Gasteiger partial charge is 0.324 e. The van der Waals surface area contributed by atoms with Gasteiger partial charge in [0.05, 0.1) is 24.3 Å². The Balaban J connectivity index is 1.19. The van der Waals surface area contributed by atoms with Crippen molar-refractivity contribution in [1.82, 2.24) is 30.1 Å².